The van der Waals surface area contributed by atoms with Crippen molar-refractivity contribution in [2.75, 3.05) is 25.0 Å². The fraction of sp³-hybridized carbons (Fsp3) is 0.417. The number of likely N-dealkylation sites (tertiary alicyclic amines) is 1. The van der Waals surface area contributed by atoms with Gasteiger partial charge in [0.25, 0.3) is 5.56 Å². The summed E-state index contributed by atoms with van der Waals surface area (Å²) in [6, 6.07) is 11.4. The molecule has 1 aromatic heterocycles. The van der Waals surface area contributed by atoms with Gasteiger partial charge in [0.1, 0.15) is 11.6 Å². The minimum Gasteiger partial charge on any atom is -0.353 e. The van der Waals surface area contributed by atoms with E-state index >= 15 is 0 Å². The second-order valence-electron chi connectivity index (χ2n) is 8.20. The zero-order valence-electron chi connectivity index (χ0n) is 18.5. The van der Waals surface area contributed by atoms with Gasteiger partial charge in [-0.3, -0.25) is 19.3 Å². The van der Waals surface area contributed by atoms with Gasteiger partial charge in [0.15, 0.2) is 0 Å². The Morgan fingerprint density at radius 1 is 1.16 bits per heavy atom. The molecule has 0 aliphatic carbocycles. The third-order valence-electron chi connectivity index (χ3n) is 5.90. The molecule has 0 unspecified atom stereocenters. The summed E-state index contributed by atoms with van der Waals surface area (Å²) in [4.78, 5) is 41.3. The first-order valence-electron chi connectivity index (χ1n) is 10.9. The molecular weight excluding hydrogens is 406 g/mol. The number of hydrogen-bond acceptors (Lipinski definition) is 5. The third kappa shape index (κ3) is 6.05. The number of aryl methyl sites for hydroxylation is 1. The maximum Gasteiger partial charge on any atom is 0.266 e. The number of H-pyrrole nitrogens is 1. The number of aromatic amines is 1. The highest BCUT2D eigenvalue weighted by Gasteiger charge is 2.22. The van der Waals surface area contributed by atoms with E-state index < -0.39 is 0 Å². The standard InChI is InChI=1S/C24H29N5O3/c1-16-20(17(2)26-24(32)21(16)14-25)8-9-22(30)27-19-10-12-29(13-11-19)15-23(31)28-18-6-4-3-5-7-18/h3-7,19H,8-13,15H2,1-2H3,(H,26,32)(H,27,30)(H,28,31). The first kappa shape index (κ1) is 23.2. The Hall–Kier alpha value is -3.44. The lowest BCUT2D eigenvalue weighted by molar-refractivity contribution is -0.122. The van der Waals surface area contributed by atoms with Crippen molar-refractivity contribution in [3.8, 4) is 6.07 Å². The number of amides is 2. The van der Waals surface area contributed by atoms with E-state index in [-0.39, 0.29) is 35.4 Å². The van der Waals surface area contributed by atoms with Crippen LogP contribution in [0.3, 0.4) is 0 Å². The second kappa shape index (κ2) is 10.7. The number of carbonyl (C=O) groups excluding carboxylic acids is 2. The Morgan fingerprint density at radius 3 is 2.50 bits per heavy atom. The molecule has 8 heteroatoms. The molecule has 32 heavy (non-hydrogen) atoms. The number of benzene rings is 1. The van der Waals surface area contributed by atoms with E-state index in [1.807, 2.05) is 36.4 Å². The number of hydrogen-bond donors (Lipinski definition) is 3. The highest BCUT2D eigenvalue weighted by atomic mass is 16.2. The summed E-state index contributed by atoms with van der Waals surface area (Å²) in [7, 11) is 0. The maximum atomic E-state index is 12.5. The molecule has 1 aromatic carbocycles. The van der Waals surface area contributed by atoms with Crippen molar-refractivity contribution >= 4 is 17.5 Å². The topological polar surface area (TPSA) is 118 Å². The average Bonchev–Trinajstić information content (AvgIpc) is 2.75. The quantitative estimate of drug-likeness (QED) is 0.615. The summed E-state index contributed by atoms with van der Waals surface area (Å²) in [6.07, 6.45) is 2.34. The molecule has 1 aliphatic heterocycles. The lowest BCUT2D eigenvalue weighted by atomic mass is 9.98. The second-order valence-corrected chi connectivity index (χ2v) is 8.20. The van der Waals surface area contributed by atoms with Gasteiger partial charge < -0.3 is 15.6 Å². The first-order valence-corrected chi connectivity index (χ1v) is 10.9. The summed E-state index contributed by atoms with van der Waals surface area (Å²) in [5, 5.41) is 15.2. The van der Waals surface area contributed by atoms with Gasteiger partial charge in [-0.25, -0.2) is 0 Å². The van der Waals surface area contributed by atoms with E-state index in [9.17, 15) is 19.6 Å². The summed E-state index contributed by atoms with van der Waals surface area (Å²) in [5.74, 6) is -0.0872. The predicted molar refractivity (Wildman–Crippen MR) is 122 cm³/mol. The molecular formula is C24H29N5O3. The fourth-order valence-electron chi connectivity index (χ4n) is 4.12. The zero-order chi connectivity index (χ0) is 23.1. The van der Waals surface area contributed by atoms with Crippen LogP contribution in [-0.4, -0.2) is 47.4 Å². The van der Waals surface area contributed by atoms with Crippen LogP contribution in [0.1, 0.15) is 41.6 Å². The lowest BCUT2D eigenvalue weighted by Crippen LogP contribution is -2.46. The summed E-state index contributed by atoms with van der Waals surface area (Å²) in [6.45, 7) is 5.36. The molecule has 8 nitrogen and oxygen atoms in total. The number of nitrogens with zero attached hydrogens (tertiary/aromatic N) is 2. The predicted octanol–water partition coefficient (Wildman–Crippen LogP) is 2.02. The van der Waals surface area contributed by atoms with Crippen LogP contribution in [0.5, 0.6) is 0 Å². The Labute approximate surface area is 187 Å². The van der Waals surface area contributed by atoms with Gasteiger partial charge in [-0.05, 0) is 56.4 Å². The molecule has 3 N–H and O–H groups in total. The van der Waals surface area contributed by atoms with Crippen molar-refractivity contribution in [3.05, 3.63) is 63.1 Å². The molecule has 0 radical (unpaired) electrons. The maximum absolute atomic E-state index is 12.5. The third-order valence-corrected chi connectivity index (χ3v) is 5.90. The number of carbonyl (C=O) groups is 2. The van der Waals surface area contributed by atoms with Gasteiger partial charge >= 0.3 is 0 Å². The molecule has 1 fully saturated rings. The minimum atomic E-state index is -0.389. The lowest BCUT2D eigenvalue weighted by Gasteiger charge is -2.31. The smallest absolute Gasteiger partial charge is 0.266 e. The van der Waals surface area contributed by atoms with E-state index in [2.05, 4.69) is 20.5 Å². The number of piperidine rings is 1. The van der Waals surface area contributed by atoms with Crippen molar-refractivity contribution in [2.24, 2.45) is 0 Å². The van der Waals surface area contributed by atoms with Gasteiger partial charge in [0.2, 0.25) is 11.8 Å². The van der Waals surface area contributed by atoms with Crippen molar-refractivity contribution in [1.82, 2.24) is 15.2 Å². The highest BCUT2D eigenvalue weighted by molar-refractivity contribution is 5.92. The van der Waals surface area contributed by atoms with Crippen LogP contribution in [0.25, 0.3) is 0 Å². The zero-order valence-corrected chi connectivity index (χ0v) is 18.5. The number of para-hydroxylation sites is 1. The average molecular weight is 436 g/mol. The molecule has 2 heterocycles. The van der Waals surface area contributed by atoms with Gasteiger partial charge in [-0.15, -0.1) is 0 Å². The van der Waals surface area contributed by atoms with Crippen LogP contribution >= 0.6 is 0 Å². The van der Waals surface area contributed by atoms with E-state index in [1.165, 1.54) is 0 Å². The van der Waals surface area contributed by atoms with Crippen LogP contribution in [0.4, 0.5) is 5.69 Å². The van der Waals surface area contributed by atoms with Gasteiger partial charge in [0.05, 0.1) is 6.54 Å². The molecule has 168 valence electrons. The minimum absolute atomic E-state index is 0.0398. The summed E-state index contributed by atoms with van der Waals surface area (Å²) in [5.41, 5.74) is 2.68. The van der Waals surface area contributed by atoms with Gasteiger partial charge in [-0.2, -0.15) is 5.26 Å². The number of anilines is 1. The van der Waals surface area contributed by atoms with Crippen LogP contribution in [0, 0.1) is 25.2 Å². The monoisotopic (exact) mass is 435 g/mol. The largest absolute Gasteiger partial charge is 0.353 e. The molecule has 0 bridgehead atoms. The first-order chi connectivity index (χ1) is 15.4. The highest BCUT2D eigenvalue weighted by Crippen LogP contribution is 2.16. The molecule has 0 saturated carbocycles. The van der Waals surface area contributed by atoms with Gasteiger partial charge in [0, 0.05) is 36.9 Å². The summed E-state index contributed by atoms with van der Waals surface area (Å²) >= 11 is 0. The van der Waals surface area contributed by atoms with Crippen molar-refractivity contribution < 1.29 is 9.59 Å². The van der Waals surface area contributed by atoms with Crippen LogP contribution in [0.2, 0.25) is 0 Å². The Morgan fingerprint density at radius 2 is 1.84 bits per heavy atom. The molecule has 2 amide bonds. The number of nitriles is 1. The van der Waals surface area contributed by atoms with E-state index in [0.717, 1.165) is 37.2 Å². The van der Waals surface area contributed by atoms with E-state index in [0.29, 0.717) is 24.2 Å². The molecule has 1 saturated heterocycles. The Bertz CT molecular complexity index is 1060. The molecule has 0 atom stereocenters. The number of pyridine rings is 1. The SMILES string of the molecule is Cc1[nH]c(=O)c(C#N)c(C)c1CCC(=O)NC1CCN(CC(=O)Nc2ccccc2)CC1. The number of nitrogens with one attached hydrogen (secondary N) is 3. The molecule has 0 spiro atoms. The van der Waals surface area contributed by atoms with E-state index in [1.54, 1.807) is 13.8 Å². The van der Waals surface area contributed by atoms with Crippen molar-refractivity contribution in [3.63, 3.8) is 0 Å². The molecule has 1 aliphatic rings. The van der Waals surface area contributed by atoms with Crippen molar-refractivity contribution in [2.45, 2.75) is 45.6 Å². The fourth-order valence-corrected chi connectivity index (χ4v) is 4.12. The Kier molecular flexibility index (Phi) is 7.79. The van der Waals surface area contributed by atoms with Crippen LogP contribution < -0.4 is 16.2 Å². The molecule has 2 aromatic rings. The van der Waals surface area contributed by atoms with Crippen molar-refractivity contribution in [1.29, 1.82) is 5.26 Å². The van der Waals surface area contributed by atoms with Gasteiger partial charge in [-0.1, -0.05) is 18.2 Å². The molecule has 3 rings (SSSR count). The number of aromatic nitrogens is 1. The van der Waals surface area contributed by atoms with Crippen LogP contribution in [0.15, 0.2) is 35.1 Å². The normalized spacial score (nSPS) is 14.5. The summed E-state index contributed by atoms with van der Waals surface area (Å²) < 4.78 is 0. The number of rotatable bonds is 7. The Balaban J connectivity index is 1.43. The van der Waals surface area contributed by atoms with E-state index in [4.69, 9.17) is 0 Å². The van der Waals surface area contributed by atoms with Crippen LogP contribution in [-0.2, 0) is 16.0 Å².